The summed E-state index contributed by atoms with van der Waals surface area (Å²) in [6.45, 7) is 4.41. The van der Waals surface area contributed by atoms with Gasteiger partial charge in [-0.2, -0.15) is 0 Å². The van der Waals surface area contributed by atoms with Gasteiger partial charge < -0.3 is 30.0 Å². The van der Waals surface area contributed by atoms with E-state index in [0.717, 1.165) is 0 Å². The van der Waals surface area contributed by atoms with Gasteiger partial charge in [-0.05, 0) is 6.92 Å². The average Bonchev–Trinajstić information content (AvgIpc) is 2.24. The first-order chi connectivity index (χ1) is 7.42. The van der Waals surface area contributed by atoms with Gasteiger partial charge in [0.25, 0.3) is 0 Å². The Labute approximate surface area is 121 Å². The molecule has 0 amide bonds. The summed E-state index contributed by atoms with van der Waals surface area (Å²) in [6, 6.07) is 0. The van der Waals surface area contributed by atoms with Crippen molar-refractivity contribution < 1.29 is 64.3 Å². The summed E-state index contributed by atoms with van der Waals surface area (Å²) in [4.78, 5) is 20.6. The summed E-state index contributed by atoms with van der Waals surface area (Å²) in [5.41, 5.74) is 0. The molecule has 0 rings (SSSR count). The molecule has 0 aliphatic carbocycles. The first kappa shape index (κ1) is 21.8. The summed E-state index contributed by atoms with van der Waals surface area (Å²) in [5.74, 6) is -3.31. The van der Waals surface area contributed by atoms with Gasteiger partial charge in [0, 0.05) is 0 Å². The number of rotatable bonds is 5. The van der Waals surface area contributed by atoms with Crippen molar-refractivity contribution in [3.63, 3.8) is 0 Å². The quantitative estimate of drug-likeness (QED) is 0.254. The van der Waals surface area contributed by atoms with Gasteiger partial charge in [-0.3, -0.25) is 0 Å². The zero-order chi connectivity index (χ0) is 13.1. The number of carboxylic acid groups (broad SMARTS) is 1. The van der Waals surface area contributed by atoms with Crippen LogP contribution in [0.25, 0.3) is 0 Å². The number of allylic oxidation sites excluding steroid dienone is 1. The molecule has 0 spiro atoms. The molecule has 2 unspecified atom stereocenters. The van der Waals surface area contributed by atoms with Crippen molar-refractivity contribution in [2.45, 2.75) is 19.1 Å². The van der Waals surface area contributed by atoms with Gasteiger partial charge in [-0.1, -0.05) is 6.08 Å². The number of hydrogen-bond donors (Lipinski definition) is 3. The maximum absolute atomic E-state index is 10.6. The Kier molecular flexibility index (Phi) is 17.5. The molecule has 0 bridgehead atoms. The number of aliphatic hydroxyl groups is 3. The van der Waals surface area contributed by atoms with Gasteiger partial charge in [0.2, 0.25) is 0 Å². The maximum Gasteiger partial charge on any atom is 1.00 e. The average molecular weight is 258 g/mol. The molecule has 7 nitrogen and oxygen atoms in total. The molecule has 0 aliphatic heterocycles. The molecule has 3 N–H and O–H groups in total. The van der Waals surface area contributed by atoms with Crippen molar-refractivity contribution in [3.05, 3.63) is 12.7 Å². The molecule has 0 aromatic heterocycles. The van der Waals surface area contributed by atoms with Crippen LogP contribution in [0.5, 0.6) is 0 Å². The summed E-state index contributed by atoms with van der Waals surface area (Å²) < 4.78 is 4.13. The molecular formula is C9H15NaO7. The second-order valence-electron chi connectivity index (χ2n) is 2.51. The minimum atomic E-state index is -2.33. The predicted octanol–water partition coefficient (Wildman–Crippen LogP) is -5.81. The minimum Gasteiger partial charge on any atom is -0.547 e. The van der Waals surface area contributed by atoms with Crippen LogP contribution < -0.4 is 34.7 Å². The van der Waals surface area contributed by atoms with Crippen LogP contribution in [0.3, 0.4) is 0 Å². The van der Waals surface area contributed by atoms with Crippen LogP contribution in [0.15, 0.2) is 12.7 Å². The first-order valence-corrected chi connectivity index (χ1v) is 4.33. The van der Waals surface area contributed by atoms with Crippen molar-refractivity contribution in [2.75, 3.05) is 13.2 Å². The molecule has 0 heterocycles. The van der Waals surface area contributed by atoms with Crippen LogP contribution in [-0.4, -0.2) is 52.7 Å². The van der Waals surface area contributed by atoms with E-state index in [4.69, 9.17) is 15.3 Å². The Balaban J connectivity index is -0.000000440. The second-order valence-corrected chi connectivity index (χ2v) is 2.51. The third kappa shape index (κ3) is 11.8. The number of carboxylic acids is 1. The normalized spacial score (nSPS) is 12.0. The number of esters is 1. The van der Waals surface area contributed by atoms with Crippen LogP contribution in [0.4, 0.5) is 0 Å². The zero-order valence-corrected chi connectivity index (χ0v) is 11.8. The summed E-state index contributed by atoms with van der Waals surface area (Å²) in [7, 11) is 0. The van der Waals surface area contributed by atoms with Crippen molar-refractivity contribution in [1.29, 1.82) is 0 Å². The number of hydrogen-bond acceptors (Lipinski definition) is 7. The minimum absolute atomic E-state index is 0. The Bertz CT molecular complexity index is 231. The van der Waals surface area contributed by atoms with E-state index in [1.165, 1.54) is 0 Å². The Hall–Kier alpha value is -0.440. The third-order valence-corrected chi connectivity index (χ3v) is 1.12. The van der Waals surface area contributed by atoms with Gasteiger partial charge in [0.05, 0.1) is 12.6 Å². The van der Waals surface area contributed by atoms with E-state index in [1.54, 1.807) is 6.08 Å². The maximum atomic E-state index is 10.6. The van der Waals surface area contributed by atoms with Crippen LogP contribution in [0.1, 0.15) is 6.92 Å². The van der Waals surface area contributed by atoms with Gasteiger partial charge in [-0.15, -0.1) is 6.58 Å². The molecule has 8 heteroatoms. The molecule has 0 radical (unpaired) electrons. The summed E-state index contributed by atoms with van der Waals surface area (Å²) in [5, 5.41) is 35.5. The molecule has 0 aromatic rings. The van der Waals surface area contributed by atoms with Gasteiger partial charge in [-0.25, -0.2) is 4.79 Å². The van der Waals surface area contributed by atoms with E-state index >= 15 is 0 Å². The number of aliphatic hydroxyl groups excluding tert-OH is 3. The van der Waals surface area contributed by atoms with Crippen molar-refractivity contribution >= 4 is 11.9 Å². The molecule has 94 valence electrons. The predicted molar refractivity (Wildman–Crippen MR) is 50.9 cm³/mol. The molecular weight excluding hydrogens is 243 g/mol. The van der Waals surface area contributed by atoms with Crippen molar-refractivity contribution in [2.24, 2.45) is 0 Å². The molecule has 0 saturated heterocycles. The van der Waals surface area contributed by atoms with Gasteiger partial charge >= 0.3 is 35.5 Å². The van der Waals surface area contributed by atoms with E-state index in [1.807, 2.05) is 6.92 Å². The SMILES string of the molecule is C=CC.O=C([O-])C(O)C(O)C(=O)OCCO.[Na+]. The standard InChI is InChI=1S/C6H10O7.C3H6.Na/c7-1-2-13-6(12)4(9)3(8)5(10)11;1-3-2;/h3-4,7-9H,1-2H2,(H,10,11);3H,1H2,2H3;/q;;+1/p-1. The monoisotopic (exact) mass is 258 g/mol. The summed E-state index contributed by atoms with van der Waals surface area (Å²) in [6.07, 6.45) is -2.78. The van der Waals surface area contributed by atoms with Crippen molar-refractivity contribution in [1.82, 2.24) is 0 Å². The summed E-state index contributed by atoms with van der Waals surface area (Å²) >= 11 is 0. The van der Waals surface area contributed by atoms with Gasteiger partial charge in [0.1, 0.15) is 12.7 Å². The van der Waals surface area contributed by atoms with E-state index in [9.17, 15) is 14.7 Å². The van der Waals surface area contributed by atoms with Crippen molar-refractivity contribution in [3.8, 4) is 0 Å². The Morgan fingerprint density at radius 2 is 1.82 bits per heavy atom. The third-order valence-electron chi connectivity index (χ3n) is 1.12. The second kappa shape index (κ2) is 13.6. The van der Waals surface area contributed by atoms with E-state index in [0.29, 0.717) is 0 Å². The Morgan fingerprint density at radius 1 is 1.41 bits per heavy atom. The molecule has 17 heavy (non-hydrogen) atoms. The number of carbonyl (C=O) groups excluding carboxylic acids is 2. The fraction of sp³-hybridized carbons (Fsp3) is 0.556. The fourth-order valence-electron chi connectivity index (χ4n) is 0.489. The largest absolute Gasteiger partial charge is 1.00 e. The first-order valence-electron chi connectivity index (χ1n) is 4.33. The van der Waals surface area contributed by atoms with E-state index in [2.05, 4.69) is 11.3 Å². The number of ether oxygens (including phenoxy) is 1. The number of carbonyl (C=O) groups is 2. The van der Waals surface area contributed by atoms with E-state index in [-0.39, 0.29) is 36.2 Å². The van der Waals surface area contributed by atoms with Crippen LogP contribution in [0.2, 0.25) is 0 Å². The van der Waals surface area contributed by atoms with Crippen LogP contribution in [-0.2, 0) is 14.3 Å². The Morgan fingerprint density at radius 3 is 2.12 bits per heavy atom. The van der Waals surface area contributed by atoms with Crippen LogP contribution >= 0.6 is 0 Å². The number of aliphatic carboxylic acids is 1. The molecule has 0 saturated carbocycles. The molecule has 0 fully saturated rings. The molecule has 2 atom stereocenters. The molecule has 0 aliphatic rings. The van der Waals surface area contributed by atoms with Gasteiger partial charge in [0.15, 0.2) is 6.10 Å². The zero-order valence-electron chi connectivity index (χ0n) is 9.83. The topological polar surface area (TPSA) is 127 Å². The van der Waals surface area contributed by atoms with E-state index < -0.39 is 30.8 Å². The smallest absolute Gasteiger partial charge is 0.547 e. The molecule has 0 aromatic carbocycles. The van der Waals surface area contributed by atoms with Crippen LogP contribution in [0, 0.1) is 0 Å². The fourth-order valence-corrected chi connectivity index (χ4v) is 0.489.